The second-order valence-electron chi connectivity index (χ2n) is 2.71. The summed E-state index contributed by atoms with van der Waals surface area (Å²) in [6.45, 7) is 1.22. The van der Waals surface area contributed by atoms with Crippen LogP contribution >= 0.6 is 0 Å². The van der Waals surface area contributed by atoms with Crippen molar-refractivity contribution in [2.45, 2.75) is 6.92 Å². The zero-order valence-electron chi connectivity index (χ0n) is 9.81. The van der Waals surface area contributed by atoms with Gasteiger partial charge in [0.05, 0.1) is 12.3 Å². The van der Waals surface area contributed by atoms with E-state index in [0.717, 1.165) is 6.07 Å². The minimum Gasteiger partial charge on any atom is -0.870 e. The van der Waals surface area contributed by atoms with E-state index in [2.05, 4.69) is 0 Å². The van der Waals surface area contributed by atoms with Gasteiger partial charge in [0.2, 0.25) is 0 Å². The van der Waals surface area contributed by atoms with Gasteiger partial charge in [0.25, 0.3) is 0 Å². The Morgan fingerprint density at radius 1 is 1.18 bits per heavy atom. The van der Waals surface area contributed by atoms with Crippen molar-refractivity contribution >= 4 is 18.0 Å². The van der Waals surface area contributed by atoms with Gasteiger partial charge >= 0.3 is 37.7 Å². The van der Waals surface area contributed by atoms with Crippen LogP contribution in [0.15, 0.2) is 18.2 Å². The second kappa shape index (κ2) is 9.24. The molecule has 0 aliphatic rings. The molecule has 0 fully saturated rings. The molecule has 0 atom stereocenters. The van der Waals surface area contributed by atoms with Gasteiger partial charge in [-0.1, -0.05) is 0 Å². The summed E-state index contributed by atoms with van der Waals surface area (Å²) in [5, 5.41) is 10.6. The topological polar surface area (TPSA) is 104 Å². The van der Waals surface area contributed by atoms with Crippen molar-refractivity contribution < 1.29 is 62.7 Å². The van der Waals surface area contributed by atoms with E-state index in [1.807, 2.05) is 0 Å². The number of carbonyl (C=O) groups excluding carboxylic acids is 3. The standard InChI is InChI=1S/C10H7O4.2Li.H2O/c1-6(12)9-4-7(5-11)2-3-8(9)10(13)14;;;/h2-4H,1H3,(H,13,14);;;1H2/q-1;2*+1;/p-2. The normalized spacial score (nSPS) is 7.82. The largest absolute Gasteiger partial charge is 1.00 e. The van der Waals surface area contributed by atoms with Crippen LogP contribution < -0.4 is 42.8 Å². The summed E-state index contributed by atoms with van der Waals surface area (Å²) < 4.78 is 0. The first-order valence-electron chi connectivity index (χ1n) is 3.80. The number of carboxylic acid groups (broad SMARTS) is 1. The van der Waals surface area contributed by atoms with Crippen LogP contribution in [0.5, 0.6) is 0 Å². The van der Waals surface area contributed by atoms with Crippen LogP contribution in [0.1, 0.15) is 33.2 Å². The number of hydrogen-bond donors (Lipinski definition) is 0. The number of aromatic carboxylic acids is 1. The second-order valence-corrected chi connectivity index (χ2v) is 2.71. The summed E-state index contributed by atoms with van der Waals surface area (Å²) in [4.78, 5) is 31.8. The number of hydrogen-bond acceptors (Lipinski definition) is 5. The van der Waals surface area contributed by atoms with Crippen LogP contribution in [0.4, 0.5) is 0 Å². The fraction of sp³-hybridized carbons (Fsp3) is 0.100. The third kappa shape index (κ3) is 5.36. The van der Waals surface area contributed by atoms with Crippen LogP contribution in [0.25, 0.3) is 0 Å². The van der Waals surface area contributed by atoms with Crippen molar-refractivity contribution in [3.05, 3.63) is 34.9 Å². The summed E-state index contributed by atoms with van der Waals surface area (Å²) in [6, 6.07) is 3.61. The van der Waals surface area contributed by atoms with Gasteiger partial charge in [-0.05, 0) is 18.1 Å². The third-order valence-electron chi connectivity index (χ3n) is 1.74. The third-order valence-corrected chi connectivity index (χ3v) is 1.74. The smallest absolute Gasteiger partial charge is 0.870 e. The van der Waals surface area contributed by atoms with Crippen molar-refractivity contribution in [3.63, 3.8) is 0 Å². The van der Waals surface area contributed by atoms with Gasteiger partial charge in [0.1, 0.15) is 5.78 Å². The van der Waals surface area contributed by atoms with E-state index in [-0.39, 0.29) is 59.9 Å². The number of benzene rings is 1. The molecule has 5 nitrogen and oxygen atoms in total. The molecule has 7 heteroatoms. The minimum absolute atomic E-state index is 0. The molecule has 0 saturated heterocycles. The van der Waals surface area contributed by atoms with Crippen molar-refractivity contribution in [1.82, 2.24) is 0 Å². The predicted molar refractivity (Wildman–Crippen MR) is 47.5 cm³/mol. The molecule has 1 aromatic rings. The molecule has 0 saturated carbocycles. The van der Waals surface area contributed by atoms with Crippen LogP contribution in [0.2, 0.25) is 0 Å². The zero-order valence-corrected chi connectivity index (χ0v) is 9.81. The van der Waals surface area contributed by atoms with E-state index < -0.39 is 11.8 Å². The number of rotatable bonds is 3. The van der Waals surface area contributed by atoms with E-state index in [1.54, 1.807) is 6.29 Å². The average molecular weight is 221 g/mol. The molecule has 0 amide bonds. The molecular formula is C10H7Li2O5-. The van der Waals surface area contributed by atoms with Crippen LogP contribution in [-0.2, 0) is 4.79 Å². The van der Waals surface area contributed by atoms with Gasteiger partial charge in [0, 0.05) is 0 Å². The summed E-state index contributed by atoms with van der Waals surface area (Å²) in [6.07, 6.45) is 1.57. The summed E-state index contributed by atoms with van der Waals surface area (Å²) in [5.41, 5.74) is -0.109. The molecular weight excluding hydrogens is 214 g/mol. The van der Waals surface area contributed by atoms with Gasteiger partial charge in [0.15, 0.2) is 0 Å². The van der Waals surface area contributed by atoms with Gasteiger partial charge in [-0.25, -0.2) is 0 Å². The van der Waals surface area contributed by atoms with Crippen LogP contribution in [0.3, 0.4) is 0 Å². The summed E-state index contributed by atoms with van der Waals surface area (Å²) in [5.74, 6) is -1.87. The Kier molecular flexibility index (Phi) is 11.7. The SMILES string of the molecule is CC(=O)c1cc([C-]=O)ccc1C(=O)[O-].[Li+].[Li+].[OH-]. The predicted octanol–water partition coefficient (Wildman–Crippen LogP) is -6.46. The first kappa shape index (κ1) is 21.5. The molecule has 1 aromatic carbocycles. The molecule has 0 unspecified atom stereocenters. The molecule has 0 bridgehead atoms. The molecule has 0 heterocycles. The summed E-state index contributed by atoms with van der Waals surface area (Å²) in [7, 11) is 0. The van der Waals surface area contributed by atoms with Crippen LogP contribution in [-0.4, -0.2) is 23.5 Å². The number of Topliss-reactive ketones (excluding diaryl/α,β-unsaturated/α-hetero) is 1. The first-order valence-corrected chi connectivity index (χ1v) is 3.80. The monoisotopic (exact) mass is 221 g/mol. The van der Waals surface area contributed by atoms with Crippen molar-refractivity contribution in [3.8, 4) is 0 Å². The molecule has 80 valence electrons. The molecule has 1 N–H and O–H groups in total. The van der Waals surface area contributed by atoms with E-state index in [1.165, 1.54) is 19.1 Å². The first-order chi connectivity index (χ1) is 6.56. The molecule has 0 radical (unpaired) electrons. The fourth-order valence-electron chi connectivity index (χ4n) is 1.08. The molecule has 0 aliphatic carbocycles. The Morgan fingerprint density at radius 2 is 1.71 bits per heavy atom. The van der Waals surface area contributed by atoms with Crippen molar-refractivity contribution in [2.75, 3.05) is 0 Å². The Morgan fingerprint density at radius 3 is 2.06 bits per heavy atom. The Balaban J connectivity index is -0.000000653. The molecule has 0 spiro atoms. The number of carboxylic acids is 1. The molecule has 1 rings (SSSR count). The van der Waals surface area contributed by atoms with Gasteiger partial charge < -0.3 is 20.2 Å². The van der Waals surface area contributed by atoms with Gasteiger partial charge in [-0.2, -0.15) is 11.6 Å². The number of ketones is 1. The van der Waals surface area contributed by atoms with E-state index in [4.69, 9.17) is 0 Å². The molecule has 0 aliphatic heterocycles. The van der Waals surface area contributed by atoms with Gasteiger partial charge in [-0.3, -0.25) is 4.79 Å². The Hall–Kier alpha value is -0.815. The number of carbonyl (C=O) groups is 2. The Bertz CT molecular complexity index is 417. The Labute approximate surface area is 122 Å². The summed E-state index contributed by atoms with van der Waals surface area (Å²) >= 11 is 0. The maximum Gasteiger partial charge on any atom is 1.00 e. The maximum absolute atomic E-state index is 11.0. The zero-order chi connectivity index (χ0) is 10.7. The van der Waals surface area contributed by atoms with Crippen molar-refractivity contribution in [1.29, 1.82) is 0 Å². The van der Waals surface area contributed by atoms with Gasteiger partial charge in [-0.15, -0.1) is 12.1 Å². The average Bonchev–Trinajstić information content (AvgIpc) is 2.16. The molecule has 0 aromatic heterocycles. The quantitative estimate of drug-likeness (QED) is 0.286. The van der Waals surface area contributed by atoms with E-state index >= 15 is 0 Å². The minimum atomic E-state index is -1.44. The van der Waals surface area contributed by atoms with Crippen molar-refractivity contribution in [2.24, 2.45) is 0 Å². The maximum atomic E-state index is 11.0. The van der Waals surface area contributed by atoms with E-state index in [0.29, 0.717) is 0 Å². The molecule has 17 heavy (non-hydrogen) atoms. The van der Waals surface area contributed by atoms with Crippen LogP contribution in [0, 0.1) is 0 Å². The van der Waals surface area contributed by atoms with E-state index in [9.17, 15) is 19.5 Å². The fourth-order valence-corrected chi connectivity index (χ4v) is 1.08.